The molecule has 0 spiro atoms. The van der Waals surface area contributed by atoms with Crippen molar-refractivity contribution < 1.29 is 4.79 Å². The maximum Gasteiger partial charge on any atom is 0.255 e. The fourth-order valence-corrected chi connectivity index (χ4v) is 1.81. The second-order valence-electron chi connectivity index (χ2n) is 5.05. The fraction of sp³-hybridized carbons (Fsp3) is 0.176. The molecule has 0 radical (unpaired) electrons. The van der Waals surface area contributed by atoms with Crippen molar-refractivity contribution in [1.29, 1.82) is 0 Å². The van der Waals surface area contributed by atoms with E-state index in [1.54, 1.807) is 24.3 Å². The molecule has 0 saturated carbocycles. The summed E-state index contributed by atoms with van der Waals surface area (Å²) in [6, 6.07) is 10.8. The fourth-order valence-electron chi connectivity index (χ4n) is 1.70. The van der Waals surface area contributed by atoms with Crippen LogP contribution in [0, 0.1) is 5.92 Å². The molecule has 1 heterocycles. The van der Waals surface area contributed by atoms with Gasteiger partial charge >= 0.3 is 0 Å². The molecular formula is C17H17ClN2O. The Morgan fingerprint density at radius 2 is 1.90 bits per heavy atom. The smallest absolute Gasteiger partial charge is 0.255 e. The van der Waals surface area contributed by atoms with Crippen LogP contribution < -0.4 is 5.32 Å². The summed E-state index contributed by atoms with van der Waals surface area (Å²) in [5.74, 6) is 0.337. The van der Waals surface area contributed by atoms with Gasteiger partial charge in [-0.2, -0.15) is 0 Å². The van der Waals surface area contributed by atoms with Gasteiger partial charge in [0, 0.05) is 5.56 Å². The van der Waals surface area contributed by atoms with Crippen molar-refractivity contribution >= 4 is 29.3 Å². The zero-order valence-corrected chi connectivity index (χ0v) is 12.8. The van der Waals surface area contributed by atoms with Crippen molar-refractivity contribution in [2.75, 3.05) is 5.32 Å². The first kappa shape index (κ1) is 15.3. The van der Waals surface area contributed by atoms with E-state index in [1.807, 2.05) is 12.1 Å². The van der Waals surface area contributed by atoms with Gasteiger partial charge in [0.25, 0.3) is 5.91 Å². The summed E-state index contributed by atoms with van der Waals surface area (Å²) in [5.41, 5.74) is 2.30. The highest BCUT2D eigenvalue weighted by atomic mass is 35.5. The van der Waals surface area contributed by atoms with Crippen LogP contribution in [0.3, 0.4) is 0 Å². The van der Waals surface area contributed by atoms with Crippen molar-refractivity contribution in [2.45, 2.75) is 13.8 Å². The van der Waals surface area contributed by atoms with Gasteiger partial charge in [-0.05, 0) is 35.7 Å². The van der Waals surface area contributed by atoms with Crippen molar-refractivity contribution in [1.82, 2.24) is 4.98 Å². The van der Waals surface area contributed by atoms with E-state index in [0.717, 1.165) is 5.56 Å². The largest absolute Gasteiger partial charge is 0.321 e. The second-order valence-corrected chi connectivity index (χ2v) is 5.44. The van der Waals surface area contributed by atoms with Gasteiger partial charge in [0.2, 0.25) is 0 Å². The van der Waals surface area contributed by atoms with Gasteiger partial charge in [-0.3, -0.25) is 4.79 Å². The number of nitrogens with zero attached hydrogens (tertiary/aromatic N) is 1. The Balaban J connectivity index is 2.04. The molecule has 4 heteroatoms. The highest BCUT2D eigenvalue weighted by Gasteiger charge is 2.05. The Labute approximate surface area is 129 Å². The van der Waals surface area contributed by atoms with E-state index in [4.69, 9.17) is 11.6 Å². The lowest BCUT2D eigenvalue weighted by Gasteiger charge is -2.05. The highest BCUT2D eigenvalue weighted by molar-refractivity contribution is 6.29. The predicted octanol–water partition coefficient (Wildman–Crippen LogP) is 4.66. The predicted molar refractivity (Wildman–Crippen MR) is 87.5 cm³/mol. The van der Waals surface area contributed by atoms with E-state index in [1.165, 1.54) is 6.20 Å². The molecule has 3 nitrogen and oxygen atoms in total. The lowest BCUT2D eigenvalue weighted by molar-refractivity contribution is 0.102. The number of allylic oxidation sites excluding steroid dienone is 1. The lowest BCUT2D eigenvalue weighted by atomic mass is 10.1. The molecule has 0 aliphatic carbocycles. The normalized spacial score (nSPS) is 11.0. The van der Waals surface area contributed by atoms with Crippen molar-refractivity contribution in [3.63, 3.8) is 0 Å². The van der Waals surface area contributed by atoms with Crippen LogP contribution in [0.4, 0.5) is 5.69 Å². The molecule has 108 valence electrons. The van der Waals surface area contributed by atoms with Crippen LogP contribution in [0.2, 0.25) is 5.15 Å². The number of nitrogens with one attached hydrogen (secondary N) is 1. The number of carbonyl (C=O) groups is 1. The van der Waals surface area contributed by atoms with Crippen LogP contribution in [0.1, 0.15) is 29.8 Å². The molecule has 0 saturated heterocycles. The van der Waals surface area contributed by atoms with E-state index >= 15 is 0 Å². The number of carbonyl (C=O) groups excluding carboxylic acids is 1. The SMILES string of the molecule is CC(C)/C=C/c1ccc(C(=O)Nc2ccc(Cl)nc2)cc1. The number of rotatable bonds is 4. The van der Waals surface area contributed by atoms with E-state index < -0.39 is 0 Å². The summed E-state index contributed by atoms with van der Waals surface area (Å²) < 4.78 is 0. The molecule has 1 aromatic carbocycles. The summed E-state index contributed by atoms with van der Waals surface area (Å²) in [6.07, 6.45) is 5.70. The van der Waals surface area contributed by atoms with Crippen LogP contribution in [0.25, 0.3) is 6.08 Å². The van der Waals surface area contributed by atoms with Gasteiger partial charge in [-0.1, -0.05) is 49.7 Å². The molecule has 21 heavy (non-hydrogen) atoms. The molecule has 2 aromatic rings. The molecular weight excluding hydrogens is 284 g/mol. The monoisotopic (exact) mass is 300 g/mol. The first-order valence-corrected chi connectivity index (χ1v) is 7.13. The van der Waals surface area contributed by atoms with Gasteiger partial charge in [0.05, 0.1) is 11.9 Å². The maximum absolute atomic E-state index is 12.1. The number of anilines is 1. The summed E-state index contributed by atoms with van der Waals surface area (Å²) in [6.45, 7) is 4.25. The van der Waals surface area contributed by atoms with E-state index in [-0.39, 0.29) is 5.91 Å². The zero-order chi connectivity index (χ0) is 15.2. The summed E-state index contributed by atoms with van der Waals surface area (Å²) in [5, 5.41) is 3.17. The summed E-state index contributed by atoms with van der Waals surface area (Å²) in [4.78, 5) is 16.0. The quantitative estimate of drug-likeness (QED) is 0.835. The number of hydrogen-bond donors (Lipinski definition) is 1. The van der Waals surface area contributed by atoms with Crippen LogP contribution in [-0.4, -0.2) is 10.9 Å². The van der Waals surface area contributed by atoms with Gasteiger partial charge in [0.1, 0.15) is 5.15 Å². The number of aromatic nitrogens is 1. The number of hydrogen-bond acceptors (Lipinski definition) is 2. The third-order valence-corrected chi connectivity index (χ3v) is 3.06. The Morgan fingerprint density at radius 3 is 2.48 bits per heavy atom. The Hall–Kier alpha value is -2.13. The molecule has 1 N–H and O–H groups in total. The summed E-state index contributed by atoms with van der Waals surface area (Å²) in [7, 11) is 0. The highest BCUT2D eigenvalue weighted by Crippen LogP contribution is 2.13. The average Bonchev–Trinajstić information content (AvgIpc) is 2.48. The van der Waals surface area contributed by atoms with Crippen LogP contribution in [-0.2, 0) is 0 Å². The van der Waals surface area contributed by atoms with Crippen molar-refractivity contribution in [3.8, 4) is 0 Å². The topological polar surface area (TPSA) is 42.0 Å². The van der Waals surface area contributed by atoms with Crippen molar-refractivity contribution in [3.05, 3.63) is 65.0 Å². The third kappa shape index (κ3) is 4.72. The number of benzene rings is 1. The molecule has 0 aliphatic rings. The number of amides is 1. The molecule has 1 amide bonds. The van der Waals surface area contributed by atoms with Gasteiger partial charge in [-0.15, -0.1) is 0 Å². The van der Waals surface area contributed by atoms with Gasteiger partial charge < -0.3 is 5.32 Å². The van der Waals surface area contributed by atoms with Crippen LogP contribution in [0.15, 0.2) is 48.7 Å². The Kier molecular flexibility index (Phi) is 5.12. The van der Waals surface area contributed by atoms with Gasteiger partial charge in [-0.25, -0.2) is 4.98 Å². The van der Waals surface area contributed by atoms with Crippen LogP contribution >= 0.6 is 11.6 Å². The van der Waals surface area contributed by atoms with Crippen molar-refractivity contribution in [2.24, 2.45) is 5.92 Å². The average molecular weight is 301 g/mol. The van der Waals surface area contributed by atoms with Crippen LogP contribution in [0.5, 0.6) is 0 Å². The standard InChI is InChI=1S/C17H17ClN2O/c1-12(2)3-4-13-5-7-14(8-6-13)17(21)20-15-9-10-16(18)19-11-15/h3-12H,1-2H3,(H,20,21)/b4-3+. The minimum absolute atomic E-state index is 0.168. The third-order valence-electron chi connectivity index (χ3n) is 2.83. The molecule has 0 aliphatic heterocycles. The molecule has 1 aromatic heterocycles. The Bertz CT molecular complexity index is 631. The number of halogens is 1. The maximum atomic E-state index is 12.1. The molecule has 0 bridgehead atoms. The molecule has 2 rings (SSSR count). The number of pyridine rings is 1. The first-order valence-electron chi connectivity index (χ1n) is 6.76. The summed E-state index contributed by atoms with van der Waals surface area (Å²) >= 11 is 5.70. The minimum atomic E-state index is -0.168. The first-order chi connectivity index (χ1) is 10.0. The second kappa shape index (κ2) is 7.04. The Morgan fingerprint density at radius 1 is 1.19 bits per heavy atom. The molecule has 0 fully saturated rings. The lowest BCUT2D eigenvalue weighted by Crippen LogP contribution is -2.11. The molecule has 0 unspecified atom stereocenters. The van der Waals surface area contributed by atoms with E-state index in [9.17, 15) is 4.79 Å². The minimum Gasteiger partial charge on any atom is -0.321 e. The van der Waals surface area contributed by atoms with E-state index in [0.29, 0.717) is 22.3 Å². The zero-order valence-electron chi connectivity index (χ0n) is 12.0. The van der Waals surface area contributed by atoms with E-state index in [2.05, 4.69) is 36.3 Å². The van der Waals surface area contributed by atoms with Gasteiger partial charge in [0.15, 0.2) is 0 Å². The molecule has 0 atom stereocenters.